The topological polar surface area (TPSA) is 74.8 Å². The van der Waals surface area contributed by atoms with Gasteiger partial charge in [0.1, 0.15) is 5.82 Å². The highest BCUT2D eigenvalue weighted by molar-refractivity contribution is 5.94. The molecule has 3 heterocycles. The van der Waals surface area contributed by atoms with E-state index in [1.807, 2.05) is 23.2 Å². The molecule has 2 aromatic heterocycles. The molecule has 1 unspecified atom stereocenters. The van der Waals surface area contributed by atoms with Gasteiger partial charge in [-0.1, -0.05) is 6.07 Å². The van der Waals surface area contributed by atoms with Crippen LogP contribution in [0.1, 0.15) is 28.0 Å². The summed E-state index contributed by atoms with van der Waals surface area (Å²) in [5, 5.41) is 9.05. The second-order valence-electron chi connectivity index (χ2n) is 7.17. The lowest BCUT2D eigenvalue weighted by Gasteiger charge is -2.18. The molecule has 0 saturated carbocycles. The van der Waals surface area contributed by atoms with Crippen LogP contribution in [0.4, 0.5) is 0 Å². The van der Waals surface area contributed by atoms with Gasteiger partial charge >= 0.3 is 0 Å². The fraction of sp³-hybridized carbons (Fsp3) is 0.273. The van der Waals surface area contributed by atoms with Crippen molar-refractivity contribution in [3.05, 3.63) is 71.8 Å². The van der Waals surface area contributed by atoms with E-state index in [2.05, 4.69) is 27.5 Å². The van der Waals surface area contributed by atoms with Crippen molar-refractivity contribution in [3.8, 4) is 17.5 Å². The van der Waals surface area contributed by atoms with Crippen molar-refractivity contribution in [1.82, 2.24) is 19.4 Å². The number of carbonyl (C=O) groups excluding carboxylic acids is 1. The summed E-state index contributed by atoms with van der Waals surface area (Å²) in [6.45, 7) is 4.33. The molecule has 1 aromatic carbocycles. The Labute approximate surface area is 164 Å². The highest BCUT2D eigenvalue weighted by Crippen LogP contribution is 2.25. The number of likely N-dealkylation sites (tertiary alicyclic amines) is 1. The maximum absolute atomic E-state index is 12.8. The molecule has 0 spiro atoms. The first-order chi connectivity index (χ1) is 13.7. The van der Waals surface area contributed by atoms with Crippen LogP contribution in [0, 0.1) is 24.2 Å². The van der Waals surface area contributed by atoms with E-state index >= 15 is 0 Å². The Morgan fingerprint density at radius 3 is 2.89 bits per heavy atom. The Morgan fingerprint density at radius 2 is 2.11 bits per heavy atom. The lowest BCUT2D eigenvalue weighted by atomic mass is 10.1. The second kappa shape index (κ2) is 7.65. The number of carbonyl (C=O) groups is 1. The van der Waals surface area contributed by atoms with Crippen molar-refractivity contribution >= 4 is 5.91 Å². The van der Waals surface area contributed by atoms with Crippen LogP contribution in [0.15, 0.2) is 55.0 Å². The molecule has 1 fully saturated rings. The number of pyridine rings is 1. The van der Waals surface area contributed by atoms with Crippen LogP contribution in [0.25, 0.3) is 11.4 Å². The first-order valence-corrected chi connectivity index (χ1v) is 9.37. The molecule has 140 valence electrons. The van der Waals surface area contributed by atoms with Crippen molar-refractivity contribution in [3.63, 3.8) is 0 Å². The minimum absolute atomic E-state index is 0.00342. The number of hydrogen-bond donors (Lipinski definition) is 0. The molecule has 0 N–H and O–H groups in total. The molecule has 28 heavy (non-hydrogen) atoms. The normalized spacial score (nSPS) is 16.1. The summed E-state index contributed by atoms with van der Waals surface area (Å²) >= 11 is 0. The predicted molar refractivity (Wildman–Crippen MR) is 105 cm³/mol. The molecule has 6 heteroatoms. The molecule has 4 rings (SSSR count). The number of aryl methyl sites for hydroxylation is 1. The molecule has 6 nitrogen and oxygen atoms in total. The van der Waals surface area contributed by atoms with Crippen molar-refractivity contribution in [1.29, 1.82) is 5.26 Å². The molecule has 0 bridgehead atoms. The van der Waals surface area contributed by atoms with E-state index in [1.165, 1.54) is 0 Å². The SMILES string of the molecule is Cc1cnc(-c2ccncc2)n1CC1CCN(C(=O)c2cccc(C#N)c2)C1. The predicted octanol–water partition coefficient (Wildman–Crippen LogP) is 3.29. The summed E-state index contributed by atoms with van der Waals surface area (Å²) in [6.07, 6.45) is 6.39. The zero-order valence-corrected chi connectivity index (χ0v) is 15.7. The van der Waals surface area contributed by atoms with Gasteiger partial charge in [-0.3, -0.25) is 9.78 Å². The van der Waals surface area contributed by atoms with Gasteiger partial charge in [0.25, 0.3) is 5.91 Å². The molecule has 0 radical (unpaired) electrons. The zero-order valence-electron chi connectivity index (χ0n) is 15.7. The Balaban J connectivity index is 1.48. The highest BCUT2D eigenvalue weighted by atomic mass is 16.2. The summed E-state index contributed by atoms with van der Waals surface area (Å²) in [7, 11) is 0. The van der Waals surface area contributed by atoms with Gasteiger partial charge in [-0.05, 0) is 49.6 Å². The van der Waals surface area contributed by atoms with Crippen LogP contribution in [0.2, 0.25) is 0 Å². The first-order valence-electron chi connectivity index (χ1n) is 9.37. The Kier molecular flexibility index (Phi) is 4.90. The van der Waals surface area contributed by atoms with Crippen molar-refractivity contribution in [2.24, 2.45) is 5.92 Å². The Hall–Kier alpha value is -3.46. The molecule has 1 aliphatic heterocycles. The van der Waals surface area contributed by atoms with Gasteiger partial charge in [0.05, 0.1) is 11.6 Å². The van der Waals surface area contributed by atoms with Crippen LogP contribution in [0.5, 0.6) is 0 Å². The van der Waals surface area contributed by atoms with Gasteiger partial charge in [0, 0.05) is 55.0 Å². The fourth-order valence-corrected chi connectivity index (χ4v) is 3.75. The average Bonchev–Trinajstić information content (AvgIpc) is 3.36. The number of rotatable bonds is 4. The molecule has 1 aliphatic rings. The molecule has 0 aliphatic carbocycles. The molecular formula is C22H21N5O. The fourth-order valence-electron chi connectivity index (χ4n) is 3.75. The number of imidazole rings is 1. The van der Waals surface area contributed by atoms with E-state index < -0.39 is 0 Å². The number of benzene rings is 1. The minimum Gasteiger partial charge on any atom is -0.338 e. The molecule has 3 aromatic rings. The maximum Gasteiger partial charge on any atom is 0.253 e. The van der Waals surface area contributed by atoms with Crippen molar-refractivity contribution in [2.45, 2.75) is 19.9 Å². The summed E-state index contributed by atoms with van der Waals surface area (Å²) in [5.74, 6) is 1.30. The molecule has 1 amide bonds. The number of nitrogens with zero attached hydrogens (tertiary/aromatic N) is 5. The van der Waals surface area contributed by atoms with Crippen LogP contribution >= 0.6 is 0 Å². The van der Waals surface area contributed by atoms with E-state index in [-0.39, 0.29) is 5.91 Å². The standard InChI is InChI=1S/C22H21N5O/c1-16-13-25-21(19-5-8-24-9-6-19)27(16)15-18-7-10-26(14-18)22(28)20-4-2-3-17(11-20)12-23/h2-6,8-9,11,13,18H,7,10,14-15H2,1H3. The van der Waals surface area contributed by atoms with E-state index in [9.17, 15) is 4.79 Å². The van der Waals surface area contributed by atoms with E-state index in [4.69, 9.17) is 5.26 Å². The summed E-state index contributed by atoms with van der Waals surface area (Å²) in [5.41, 5.74) is 3.24. The van der Waals surface area contributed by atoms with Gasteiger partial charge in [0.15, 0.2) is 0 Å². The number of hydrogen-bond acceptors (Lipinski definition) is 4. The van der Waals surface area contributed by atoms with Crippen LogP contribution in [-0.2, 0) is 6.54 Å². The average molecular weight is 371 g/mol. The molecule has 1 atom stereocenters. The lowest BCUT2D eigenvalue weighted by Crippen LogP contribution is -2.29. The minimum atomic E-state index is -0.00342. The van der Waals surface area contributed by atoms with Crippen LogP contribution in [-0.4, -0.2) is 38.4 Å². The zero-order chi connectivity index (χ0) is 19.5. The van der Waals surface area contributed by atoms with E-state index in [0.29, 0.717) is 23.6 Å². The maximum atomic E-state index is 12.8. The van der Waals surface area contributed by atoms with Gasteiger partial charge in [-0.15, -0.1) is 0 Å². The van der Waals surface area contributed by atoms with E-state index in [0.717, 1.165) is 36.6 Å². The third-order valence-electron chi connectivity index (χ3n) is 5.25. The summed E-state index contributed by atoms with van der Waals surface area (Å²) in [4.78, 5) is 23.3. The van der Waals surface area contributed by atoms with Gasteiger partial charge in [0.2, 0.25) is 0 Å². The summed E-state index contributed by atoms with van der Waals surface area (Å²) < 4.78 is 2.23. The van der Waals surface area contributed by atoms with Gasteiger partial charge in [-0.25, -0.2) is 4.98 Å². The number of aromatic nitrogens is 3. The second-order valence-corrected chi connectivity index (χ2v) is 7.17. The van der Waals surface area contributed by atoms with Gasteiger partial charge < -0.3 is 9.47 Å². The largest absolute Gasteiger partial charge is 0.338 e. The van der Waals surface area contributed by atoms with E-state index in [1.54, 1.807) is 36.7 Å². The Bertz CT molecular complexity index is 1030. The van der Waals surface area contributed by atoms with Gasteiger partial charge in [-0.2, -0.15) is 5.26 Å². The van der Waals surface area contributed by atoms with Crippen molar-refractivity contribution < 1.29 is 4.79 Å². The third-order valence-corrected chi connectivity index (χ3v) is 5.25. The van der Waals surface area contributed by atoms with Crippen LogP contribution < -0.4 is 0 Å². The van der Waals surface area contributed by atoms with Crippen LogP contribution in [0.3, 0.4) is 0 Å². The summed E-state index contributed by atoms with van der Waals surface area (Å²) in [6, 6.07) is 12.9. The monoisotopic (exact) mass is 371 g/mol. The quantitative estimate of drug-likeness (QED) is 0.705. The highest BCUT2D eigenvalue weighted by Gasteiger charge is 2.28. The number of nitriles is 1. The molecular weight excluding hydrogens is 350 g/mol. The smallest absolute Gasteiger partial charge is 0.253 e. The molecule has 1 saturated heterocycles. The third kappa shape index (κ3) is 3.52. The first kappa shape index (κ1) is 17.9. The lowest BCUT2D eigenvalue weighted by molar-refractivity contribution is 0.0786. The Morgan fingerprint density at radius 1 is 1.29 bits per heavy atom. The van der Waals surface area contributed by atoms with Crippen molar-refractivity contribution in [2.75, 3.05) is 13.1 Å². The number of amides is 1.